The molecule has 1 heterocycles. The second-order valence-corrected chi connectivity index (χ2v) is 10.5. The number of benzene rings is 3. The van der Waals surface area contributed by atoms with Crippen LogP contribution in [0.1, 0.15) is 30.9 Å². The van der Waals surface area contributed by atoms with E-state index >= 15 is 0 Å². The lowest BCUT2D eigenvalue weighted by atomic mass is 10.0. The molecule has 0 aromatic heterocycles. The summed E-state index contributed by atoms with van der Waals surface area (Å²) >= 11 is 0.749. The third-order valence-electron chi connectivity index (χ3n) is 6.26. The molecule has 1 saturated heterocycles. The molecule has 0 atom stereocenters. The molecule has 4 amide bonds. The lowest BCUT2D eigenvalue weighted by Gasteiger charge is -2.13. The number of imide groups is 1. The van der Waals surface area contributed by atoms with Gasteiger partial charge in [0.1, 0.15) is 12.3 Å². The first-order chi connectivity index (χ1) is 20.2. The molecule has 3 aromatic carbocycles. The predicted molar refractivity (Wildman–Crippen MR) is 162 cm³/mol. The Hall–Kier alpha value is -4.77. The fourth-order valence-electron chi connectivity index (χ4n) is 4.05. The minimum Gasteiger partial charge on any atom is -0.495 e. The summed E-state index contributed by atoms with van der Waals surface area (Å²) in [6.45, 7) is 3.47. The number of carbonyl (C=O) groups excluding carboxylic acids is 4. The van der Waals surface area contributed by atoms with Crippen molar-refractivity contribution in [1.82, 2.24) is 4.90 Å². The van der Waals surface area contributed by atoms with Gasteiger partial charge < -0.3 is 24.8 Å². The van der Waals surface area contributed by atoms with E-state index in [-0.39, 0.29) is 11.5 Å². The van der Waals surface area contributed by atoms with Crippen LogP contribution in [0.3, 0.4) is 0 Å². The van der Waals surface area contributed by atoms with Gasteiger partial charge in [-0.3, -0.25) is 24.1 Å². The Morgan fingerprint density at radius 1 is 0.881 bits per heavy atom. The molecular formula is C31H31N3O7S. The van der Waals surface area contributed by atoms with E-state index in [0.717, 1.165) is 22.2 Å². The highest BCUT2D eigenvalue weighted by atomic mass is 32.2. The summed E-state index contributed by atoms with van der Waals surface area (Å²) in [4.78, 5) is 51.5. The molecule has 2 N–H and O–H groups in total. The number of thioether (sulfide) groups is 1. The van der Waals surface area contributed by atoms with E-state index in [1.54, 1.807) is 54.6 Å². The largest absolute Gasteiger partial charge is 0.495 e. The lowest BCUT2D eigenvalue weighted by Crippen LogP contribution is -2.36. The SMILES string of the molecule is COc1ccccc1NC(=O)COc1ccc(/C=C2\SC(=O)N(CC(=O)Nc3ccc(C(C)C)cc3)C2=O)cc1OC. The molecule has 10 nitrogen and oxygen atoms in total. The van der Waals surface area contributed by atoms with Crippen LogP contribution in [-0.2, 0) is 14.4 Å². The zero-order valence-corrected chi connectivity index (χ0v) is 24.4. The Morgan fingerprint density at radius 3 is 2.29 bits per heavy atom. The number of nitrogens with zero attached hydrogens (tertiary/aromatic N) is 1. The van der Waals surface area contributed by atoms with E-state index in [1.165, 1.54) is 20.3 Å². The summed E-state index contributed by atoms with van der Waals surface area (Å²) in [7, 11) is 2.96. The minimum atomic E-state index is -0.567. The van der Waals surface area contributed by atoms with Crippen LogP contribution in [0.5, 0.6) is 17.2 Å². The average molecular weight is 590 g/mol. The van der Waals surface area contributed by atoms with Crippen LogP contribution in [0.15, 0.2) is 71.6 Å². The van der Waals surface area contributed by atoms with Crippen LogP contribution in [0.4, 0.5) is 16.2 Å². The molecule has 1 aliphatic rings. The molecule has 11 heteroatoms. The number of rotatable bonds is 11. The van der Waals surface area contributed by atoms with Crippen molar-refractivity contribution >= 4 is 52.2 Å². The molecule has 218 valence electrons. The Kier molecular flexibility index (Phi) is 9.87. The molecule has 1 fully saturated rings. The lowest BCUT2D eigenvalue weighted by molar-refractivity contribution is -0.127. The van der Waals surface area contributed by atoms with Crippen LogP contribution >= 0.6 is 11.8 Å². The van der Waals surface area contributed by atoms with Gasteiger partial charge in [0, 0.05) is 5.69 Å². The van der Waals surface area contributed by atoms with Crippen molar-refractivity contribution in [3.05, 3.63) is 82.8 Å². The molecule has 3 aromatic rings. The van der Waals surface area contributed by atoms with Crippen molar-refractivity contribution in [2.75, 3.05) is 38.0 Å². The highest BCUT2D eigenvalue weighted by Gasteiger charge is 2.36. The van der Waals surface area contributed by atoms with Gasteiger partial charge in [-0.15, -0.1) is 0 Å². The van der Waals surface area contributed by atoms with Gasteiger partial charge in [-0.1, -0.05) is 44.2 Å². The highest BCUT2D eigenvalue weighted by molar-refractivity contribution is 8.18. The third kappa shape index (κ3) is 7.49. The highest BCUT2D eigenvalue weighted by Crippen LogP contribution is 2.34. The summed E-state index contributed by atoms with van der Waals surface area (Å²) in [6.07, 6.45) is 1.54. The van der Waals surface area contributed by atoms with E-state index in [2.05, 4.69) is 24.5 Å². The Morgan fingerprint density at radius 2 is 1.60 bits per heavy atom. The van der Waals surface area contributed by atoms with Crippen molar-refractivity contribution in [2.45, 2.75) is 19.8 Å². The Labute approximate surface area is 248 Å². The number of ether oxygens (including phenoxy) is 3. The topological polar surface area (TPSA) is 123 Å². The predicted octanol–water partition coefficient (Wildman–Crippen LogP) is 5.52. The van der Waals surface area contributed by atoms with E-state index < -0.39 is 29.5 Å². The summed E-state index contributed by atoms with van der Waals surface area (Å²) < 4.78 is 16.3. The molecule has 0 spiro atoms. The van der Waals surface area contributed by atoms with Gasteiger partial charge in [-0.25, -0.2) is 0 Å². The van der Waals surface area contributed by atoms with Crippen LogP contribution in [0, 0.1) is 0 Å². The average Bonchev–Trinajstić information content (AvgIpc) is 3.23. The summed E-state index contributed by atoms with van der Waals surface area (Å²) in [5.74, 6) is 0.0884. The van der Waals surface area contributed by atoms with Crippen molar-refractivity contribution in [3.8, 4) is 17.2 Å². The quantitative estimate of drug-likeness (QED) is 0.280. The van der Waals surface area contributed by atoms with Crippen LogP contribution in [0.25, 0.3) is 6.08 Å². The maximum absolute atomic E-state index is 12.9. The number of hydrogen-bond donors (Lipinski definition) is 2. The normalized spacial score (nSPS) is 13.8. The van der Waals surface area contributed by atoms with Gasteiger partial charge in [0.25, 0.3) is 17.1 Å². The first-order valence-corrected chi connectivity index (χ1v) is 13.9. The number of amides is 4. The van der Waals surface area contributed by atoms with Gasteiger partial charge in [0.15, 0.2) is 18.1 Å². The Balaban J connectivity index is 1.37. The van der Waals surface area contributed by atoms with Crippen molar-refractivity contribution in [3.63, 3.8) is 0 Å². The molecule has 42 heavy (non-hydrogen) atoms. The first kappa shape index (κ1) is 30.2. The zero-order valence-electron chi connectivity index (χ0n) is 23.6. The number of nitrogens with one attached hydrogen (secondary N) is 2. The smallest absolute Gasteiger partial charge is 0.294 e. The van der Waals surface area contributed by atoms with Gasteiger partial charge >= 0.3 is 0 Å². The van der Waals surface area contributed by atoms with Crippen LogP contribution < -0.4 is 24.8 Å². The third-order valence-corrected chi connectivity index (χ3v) is 7.17. The van der Waals surface area contributed by atoms with Gasteiger partial charge in [0.05, 0.1) is 24.8 Å². The van der Waals surface area contributed by atoms with E-state index in [1.807, 2.05) is 12.1 Å². The minimum absolute atomic E-state index is 0.168. The fraction of sp³-hybridized carbons (Fsp3) is 0.226. The second kappa shape index (κ2) is 13.7. The fourth-order valence-corrected chi connectivity index (χ4v) is 4.89. The summed E-state index contributed by atoms with van der Waals surface area (Å²) in [6, 6.07) is 19.3. The summed E-state index contributed by atoms with van der Waals surface area (Å²) in [5.41, 5.74) is 2.80. The van der Waals surface area contributed by atoms with Crippen molar-refractivity contribution in [1.29, 1.82) is 0 Å². The first-order valence-electron chi connectivity index (χ1n) is 13.1. The van der Waals surface area contributed by atoms with Gasteiger partial charge in [-0.2, -0.15) is 0 Å². The number of para-hydroxylation sites is 2. The molecule has 4 rings (SSSR count). The van der Waals surface area contributed by atoms with E-state index in [9.17, 15) is 19.2 Å². The summed E-state index contributed by atoms with van der Waals surface area (Å²) in [5, 5.41) is 4.91. The van der Waals surface area contributed by atoms with Gasteiger partial charge in [0.2, 0.25) is 5.91 Å². The molecule has 0 radical (unpaired) electrons. The zero-order chi connectivity index (χ0) is 30.2. The molecule has 0 aliphatic carbocycles. The molecule has 1 aliphatic heterocycles. The molecule has 0 unspecified atom stereocenters. The van der Waals surface area contributed by atoms with Crippen LogP contribution in [0.2, 0.25) is 0 Å². The van der Waals surface area contributed by atoms with Crippen molar-refractivity contribution in [2.24, 2.45) is 0 Å². The molecule has 0 saturated carbocycles. The number of methoxy groups -OCH3 is 2. The number of anilines is 2. The number of hydrogen-bond acceptors (Lipinski definition) is 8. The van der Waals surface area contributed by atoms with Crippen molar-refractivity contribution < 1.29 is 33.4 Å². The monoisotopic (exact) mass is 589 g/mol. The Bertz CT molecular complexity index is 1520. The maximum atomic E-state index is 12.9. The second-order valence-electron chi connectivity index (χ2n) is 9.54. The standard InChI is InChI=1S/C31H31N3O7S/c1-19(2)21-10-12-22(13-11-21)32-28(35)17-34-30(37)27(42-31(34)38)16-20-9-14-25(26(15-20)40-4)41-18-29(36)33-23-7-5-6-8-24(23)39-3/h5-16,19H,17-18H2,1-4H3,(H,32,35)(H,33,36)/b27-16-. The number of carbonyl (C=O) groups is 4. The van der Waals surface area contributed by atoms with Gasteiger partial charge in [-0.05, 0) is 71.3 Å². The molecule has 0 bridgehead atoms. The van der Waals surface area contributed by atoms with E-state index in [0.29, 0.717) is 40.1 Å². The molecular weight excluding hydrogens is 558 g/mol. The van der Waals surface area contributed by atoms with E-state index in [4.69, 9.17) is 14.2 Å². The van der Waals surface area contributed by atoms with Crippen LogP contribution in [-0.4, -0.2) is 55.2 Å². The maximum Gasteiger partial charge on any atom is 0.294 e.